The van der Waals surface area contributed by atoms with Crippen LogP contribution in [-0.4, -0.2) is 45.6 Å². The molecule has 2 heterocycles. The van der Waals surface area contributed by atoms with Crippen molar-refractivity contribution < 1.29 is 9.45 Å². The van der Waals surface area contributed by atoms with E-state index in [1.54, 1.807) is 12.1 Å². The fourth-order valence-corrected chi connectivity index (χ4v) is 2.46. The van der Waals surface area contributed by atoms with Crippen LogP contribution in [0.5, 0.6) is 0 Å². The monoisotopic (exact) mass is 303 g/mol. The zero-order valence-electron chi connectivity index (χ0n) is 12.2. The SMILES string of the molecule is C[C@H]1CNCCN1Cc1nc(-c2ccc([N+](=O)[O-])cc2)no1. The van der Waals surface area contributed by atoms with Gasteiger partial charge in [-0.1, -0.05) is 5.16 Å². The molecule has 0 bridgehead atoms. The number of non-ortho nitro benzene ring substituents is 1. The van der Waals surface area contributed by atoms with Gasteiger partial charge in [-0.05, 0) is 19.1 Å². The predicted molar refractivity (Wildman–Crippen MR) is 79.1 cm³/mol. The van der Waals surface area contributed by atoms with E-state index >= 15 is 0 Å². The molecule has 0 aliphatic carbocycles. The van der Waals surface area contributed by atoms with Crippen LogP contribution in [0.2, 0.25) is 0 Å². The highest BCUT2D eigenvalue weighted by atomic mass is 16.6. The first-order valence-electron chi connectivity index (χ1n) is 7.15. The summed E-state index contributed by atoms with van der Waals surface area (Å²) in [6, 6.07) is 6.54. The molecule has 1 atom stereocenters. The summed E-state index contributed by atoms with van der Waals surface area (Å²) >= 11 is 0. The fourth-order valence-electron chi connectivity index (χ4n) is 2.46. The molecule has 1 aliphatic heterocycles. The van der Waals surface area contributed by atoms with Crippen molar-refractivity contribution in [3.05, 3.63) is 40.3 Å². The van der Waals surface area contributed by atoms with Crippen LogP contribution in [0.15, 0.2) is 28.8 Å². The van der Waals surface area contributed by atoms with Crippen LogP contribution in [0.25, 0.3) is 11.4 Å². The van der Waals surface area contributed by atoms with Crippen molar-refractivity contribution in [2.24, 2.45) is 0 Å². The first-order chi connectivity index (χ1) is 10.6. The first-order valence-corrected chi connectivity index (χ1v) is 7.15. The van der Waals surface area contributed by atoms with E-state index in [4.69, 9.17) is 4.52 Å². The molecule has 8 heteroatoms. The van der Waals surface area contributed by atoms with Gasteiger partial charge in [-0.25, -0.2) is 0 Å². The fraction of sp³-hybridized carbons (Fsp3) is 0.429. The van der Waals surface area contributed by atoms with Gasteiger partial charge in [0.25, 0.3) is 5.69 Å². The van der Waals surface area contributed by atoms with Gasteiger partial charge in [0.1, 0.15) is 0 Å². The summed E-state index contributed by atoms with van der Waals surface area (Å²) in [5, 5.41) is 17.9. The summed E-state index contributed by atoms with van der Waals surface area (Å²) in [5.41, 5.74) is 0.746. The summed E-state index contributed by atoms with van der Waals surface area (Å²) in [4.78, 5) is 16.9. The van der Waals surface area contributed by atoms with Gasteiger partial charge in [-0.15, -0.1) is 0 Å². The Hall–Kier alpha value is -2.32. The Morgan fingerprint density at radius 2 is 2.23 bits per heavy atom. The van der Waals surface area contributed by atoms with Gasteiger partial charge in [-0.2, -0.15) is 4.98 Å². The molecule has 3 rings (SSSR count). The highest BCUT2D eigenvalue weighted by Gasteiger charge is 2.20. The molecule has 0 spiro atoms. The number of piperazine rings is 1. The predicted octanol–water partition coefficient (Wildman–Crippen LogP) is 1.44. The summed E-state index contributed by atoms with van der Waals surface area (Å²) < 4.78 is 5.29. The molecular formula is C14H17N5O3. The summed E-state index contributed by atoms with van der Waals surface area (Å²) in [6.45, 7) is 5.61. The average molecular weight is 303 g/mol. The van der Waals surface area contributed by atoms with E-state index in [9.17, 15) is 10.1 Å². The molecule has 0 amide bonds. The first kappa shape index (κ1) is 14.6. The molecule has 1 aromatic carbocycles. The van der Waals surface area contributed by atoms with Crippen molar-refractivity contribution in [3.8, 4) is 11.4 Å². The topological polar surface area (TPSA) is 97.3 Å². The maximum Gasteiger partial charge on any atom is 0.269 e. The second-order valence-electron chi connectivity index (χ2n) is 5.34. The van der Waals surface area contributed by atoms with Crippen LogP contribution in [0, 0.1) is 10.1 Å². The minimum atomic E-state index is -0.433. The number of hydrogen-bond donors (Lipinski definition) is 1. The zero-order valence-corrected chi connectivity index (χ0v) is 12.2. The number of aromatic nitrogens is 2. The lowest BCUT2D eigenvalue weighted by atomic mass is 10.2. The van der Waals surface area contributed by atoms with Gasteiger partial charge in [-0.3, -0.25) is 15.0 Å². The Morgan fingerprint density at radius 1 is 1.45 bits per heavy atom. The van der Waals surface area contributed by atoms with E-state index in [0.29, 0.717) is 29.9 Å². The average Bonchev–Trinajstić information content (AvgIpc) is 2.98. The van der Waals surface area contributed by atoms with Gasteiger partial charge < -0.3 is 9.84 Å². The number of benzene rings is 1. The Kier molecular flexibility index (Phi) is 4.12. The molecule has 116 valence electrons. The molecule has 2 aromatic rings. The molecular weight excluding hydrogens is 286 g/mol. The lowest BCUT2D eigenvalue weighted by Crippen LogP contribution is -2.49. The molecule has 0 unspecified atom stereocenters. The second kappa shape index (κ2) is 6.20. The van der Waals surface area contributed by atoms with Crippen LogP contribution in [0.3, 0.4) is 0 Å². The van der Waals surface area contributed by atoms with Gasteiger partial charge in [0.15, 0.2) is 0 Å². The summed E-state index contributed by atoms with van der Waals surface area (Å²) in [5.74, 6) is 1.01. The Bertz CT molecular complexity index is 655. The van der Waals surface area contributed by atoms with Gasteiger partial charge in [0, 0.05) is 43.4 Å². The smallest absolute Gasteiger partial charge is 0.269 e. The third-order valence-corrected chi connectivity index (χ3v) is 3.78. The van der Waals surface area contributed by atoms with Crippen molar-refractivity contribution >= 4 is 5.69 Å². The maximum absolute atomic E-state index is 10.7. The van der Waals surface area contributed by atoms with Gasteiger partial charge in [0.2, 0.25) is 11.7 Å². The van der Waals surface area contributed by atoms with E-state index in [0.717, 1.165) is 19.6 Å². The number of nitrogens with zero attached hydrogens (tertiary/aromatic N) is 4. The van der Waals surface area contributed by atoms with E-state index in [1.807, 2.05) is 0 Å². The normalized spacial score (nSPS) is 19.2. The zero-order chi connectivity index (χ0) is 15.5. The highest BCUT2D eigenvalue weighted by molar-refractivity contribution is 5.56. The van der Waals surface area contributed by atoms with E-state index in [1.165, 1.54) is 12.1 Å². The standard InChI is InChI=1S/C14H17N5O3/c1-10-8-15-6-7-18(10)9-13-16-14(17-22-13)11-2-4-12(5-3-11)19(20)21/h2-5,10,15H,6-9H2,1H3/t10-/m0/s1. The van der Waals surface area contributed by atoms with Crippen molar-refractivity contribution in [3.63, 3.8) is 0 Å². The summed E-state index contributed by atoms with van der Waals surface area (Å²) in [6.07, 6.45) is 0. The molecule has 0 saturated carbocycles. The van der Waals surface area contributed by atoms with Gasteiger partial charge in [0.05, 0.1) is 11.5 Å². The number of nitro groups is 1. The van der Waals surface area contributed by atoms with Crippen LogP contribution < -0.4 is 5.32 Å². The van der Waals surface area contributed by atoms with E-state index < -0.39 is 4.92 Å². The molecule has 1 aliphatic rings. The van der Waals surface area contributed by atoms with Crippen LogP contribution >= 0.6 is 0 Å². The van der Waals surface area contributed by atoms with Crippen molar-refractivity contribution in [1.29, 1.82) is 0 Å². The molecule has 1 aromatic heterocycles. The largest absolute Gasteiger partial charge is 0.338 e. The van der Waals surface area contributed by atoms with Crippen molar-refractivity contribution in [2.45, 2.75) is 19.5 Å². The quantitative estimate of drug-likeness (QED) is 0.674. The van der Waals surface area contributed by atoms with Gasteiger partial charge >= 0.3 is 0 Å². The highest BCUT2D eigenvalue weighted by Crippen LogP contribution is 2.20. The molecule has 8 nitrogen and oxygen atoms in total. The second-order valence-corrected chi connectivity index (χ2v) is 5.34. The maximum atomic E-state index is 10.7. The molecule has 1 saturated heterocycles. The third kappa shape index (κ3) is 3.12. The molecule has 1 N–H and O–H groups in total. The molecule has 1 fully saturated rings. The van der Waals surface area contributed by atoms with Crippen LogP contribution in [0.4, 0.5) is 5.69 Å². The number of rotatable bonds is 4. The molecule has 22 heavy (non-hydrogen) atoms. The Labute approximate surface area is 127 Å². The van der Waals surface area contributed by atoms with E-state index in [-0.39, 0.29) is 5.69 Å². The summed E-state index contributed by atoms with van der Waals surface area (Å²) in [7, 11) is 0. The van der Waals surface area contributed by atoms with E-state index in [2.05, 4.69) is 27.3 Å². The number of nitrogens with one attached hydrogen (secondary N) is 1. The van der Waals surface area contributed by atoms with Crippen LogP contribution in [-0.2, 0) is 6.54 Å². The Balaban J connectivity index is 1.71. The molecule has 0 radical (unpaired) electrons. The number of hydrogen-bond acceptors (Lipinski definition) is 7. The minimum Gasteiger partial charge on any atom is -0.338 e. The Morgan fingerprint density at radius 3 is 2.91 bits per heavy atom. The number of nitro benzene ring substituents is 1. The van der Waals surface area contributed by atoms with Crippen molar-refractivity contribution in [1.82, 2.24) is 20.4 Å². The van der Waals surface area contributed by atoms with Crippen LogP contribution in [0.1, 0.15) is 12.8 Å². The third-order valence-electron chi connectivity index (χ3n) is 3.78. The minimum absolute atomic E-state index is 0.0436. The lowest BCUT2D eigenvalue weighted by Gasteiger charge is -2.32. The van der Waals surface area contributed by atoms with Crippen molar-refractivity contribution in [2.75, 3.05) is 19.6 Å². The lowest BCUT2D eigenvalue weighted by molar-refractivity contribution is -0.384.